The number of urea groups is 1. The molecule has 3 amide bonds. The van der Waals surface area contributed by atoms with Gasteiger partial charge in [-0.15, -0.1) is 13.2 Å². The number of rotatable bonds is 4. The number of carbonyl (C=O) groups is 2. The number of hydrogen-bond donors (Lipinski definition) is 3. The number of hydrogen-bond acceptors (Lipinski definition) is 4. The fraction of sp³-hybridized carbons (Fsp3) is 0.273. The van der Waals surface area contributed by atoms with Crippen LogP contribution in [0.4, 0.5) is 23.7 Å². The fourth-order valence-corrected chi connectivity index (χ4v) is 1.33. The lowest BCUT2D eigenvalue weighted by atomic mass is 10.2. The summed E-state index contributed by atoms with van der Waals surface area (Å²) in [5, 5.41) is 4.45. The summed E-state index contributed by atoms with van der Waals surface area (Å²) in [6.45, 7) is 1.41. The van der Waals surface area contributed by atoms with Gasteiger partial charge < -0.3 is 15.8 Å². The van der Waals surface area contributed by atoms with E-state index >= 15 is 0 Å². The van der Waals surface area contributed by atoms with Crippen LogP contribution in [0.5, 0.6) is 5.75 Å². The number of nitrogens with two attached hydrogens (primary N) is 1. The fourth-order valence-electron chi connectivity index (χ4n) is 1.33. The van der Waals surface area contributed by atoms with Crippen molar-refractivity contribution in [3.63, 3.8) is 0 Å². The number of ether oxygens (including phenoxy) is 1. The van der Waals surface area contributed by atoms with Gasteiger partial charge in [0.2, 0.25) is 5.91 Å². The summed E-state index contributed by atoms with van der Waals surface area (Å²) < 4.78 is 39.9. The number of halogens is 3. The van der Waals surface area contributed by atoms with E-state index in [9.17, 15) is 22.8 Å². The zero-order valence-electron chi connectivity index (χ0n) is 10.3. The smallest absolute Gasteiger partial charge is 0.406 e. The Morgan fingerprint density at radius 3 is 2.55 bits per heavy atom. The first kappa shape index (κ1) is 15.6. The largest absolute Gasteiger partial charge is 0.573 e. The van der Waals surface area contributed by atoms with Crippen molar-refractivity contribution in [1.29, 1.82) is 0 Å². The van der Waals surface area contributed by atoms with Crippen LogP contribution in [-0.4, -0.2) is 24.3 Å². The number of amides is 3. The Hall–Kier alpha value is -2.45. The molecule has 0 saturated heterocycles. The van der Waals surface area contributed by atoms with Gasteiger partial charge >= 0.3 is 12.4 Å². The standard InChI is InChI=1S/C11H12F3N3O3/c1-6(9(18)17-10(15)19)16-7-3-2-4-8(5-7)20-11(12,13)14/h2-6,16H,1H3,(H3,15,17,18,19). The topological polar surface area (TPSA) is 93.4 Å². The molecule has 1 aromatic rings. The predicted octanol–water partition coefficient (Wildman–Crippen LogP) is 1.58. The van der Waals surface area contributed by atoms with E-state index < -0.39 is 30.1 Å². The Labute approximate surface area is 112 Å². The minimum absolute atomic E-state index is 0.221. The molecule has 20 heavy (non-hydrogen) atoms. The van der Waals surface area contributed by atoms with Crippen molar-refractivity contribution in [3.8, 4) is 5.75 Å². The van der Waals surface area contributed by atoms with Gasteiger partial charge in [-0.05, 0) is 19.1 Å². The monoisotopic (exact) mass is 291 g/mol. The SMILES string of the molecule is CC(Nc1cccc(OC(F)(F)F)c1)C(=O)NC(N)=O. The third-order valence-corrected chi connectivity index (χ3v) is 2.09. The molecule has 4 N–H and O–H groups in total. The molecule has 110 valence electrons. The molecule has 0 aliphatic carbocycles. The molecule has 1 aromatic carbocycles. The van der Waals surface area contributed by atoms with Gasteiger partial charge in [-0.2, -0.15) is 0 Å². The Morgan fingerprint density at radius 1 is 1.35 bits per heavy atom. The van der Waals surface area contributed by atoms with Crippen molar-refractivity contribution >= 4 is 17.6 Å². The van der Waals surface area contributed by atoms with Crippen LogP contribution < -0.4 is 21.1 Å². The van der Waals surface area contributed by atoms with Crippen molar-refractivity contribution in [2.24, 2.45) is 5.73 Å². The second-order valence-electron chi connectivity index (χ2n) is 3.80. The number of nitrogens with one attached hydrogen (secondary N) is 2. The summed E-state index contributed by atoms with van der Waals surface area (Å²) in [6.07, 6.45) is -4.80. The van der Waals surface area contributed by atoms with E-state index in [0.29, 0.717) is 0 Å². The Balaban J connectivity index is 2.71. The summed E-state index contributed by atoms with van der Waals surface area (Å²) in [4.78, 5) is 21.9. The van der Waals surface area contributed by atoms with Crippen molar-refractivity contribution in [1.82, 2.24) is 5.32 Å². The Bertz CT molecular complexity index is 505. The van der Waals surface area contributed by atoms with Gasteiger partial charge in [-0.1, -0.05) is 6.07 Å². The summed E-state index contributed by atoms with van der Waals surface area (Å²) >= 11 is 0. The minimum Gasteiger partial charge on any atom is -0.406 e. The van der Waals surface area contributed by atoms with Crippen molar-refractivity contribution in [2.45, 2.75) is 19.3 Å². The maximum absolute atomic E-state index is 12.0. The first-order chi connectivity index (χ1) is 9.17. The highest BCUT2D eigenvalue weighted by molar-refractivity contribution is 5.97. The van der Waals surface area contributed by atoms with Gasteiger partial charge in [-0.25, -0.2) is 4.79 Å². The van der Waals surface area contributed by atoms with Gasteiger partial charge in [0.1, 0.15) is 11.8 Å². The quantitative estimate of drug-likeness (QED) is 0.785. The lowest BCUT2D eigenvalue weighted by molar-refractivity contribution is -0.274. The minimum atomic E-state index is -4.80. The molecule has 0 aromatic heterocycles. The van der Waals surface area contributed by atoms with E-state index in [1.807, 2.05) is 5.32 Å². The molecule has 0 saturated carbocycles. The van der Waals surface area contributed by atoms with Crippen molar-refractivity contribution in [2.75, 3.05) is 5.32 Å². The van der Waals surface area contributed by atoms with Crippen LogP contribution >= 0.6 is 0 Å². The highest BCUT2D eigenvalue weighted by Crippen LogP contribution is 2.25. The van der Waals surface area contributed by atoms with E-state index in [2.05, 4.69) is 10.1 Å². The number of alkyl halides is 3. The molecule has 0 aliphatic heterocycles. The maximum atomic E-state index is 12.0. The number of benzene rings is 1. The molecule has 0 fully saturated rings. The molecule has 1 unspecified atom stereocenters. The van der Waals surface area contributed by atoms with Gasteiger partial charge in [0.25, 0.3) is 0 Å². The lowest BCUT2D eigenvalue weighted by Gasteiger charge is -2.15. The molecule has 0 heterocycles. The normalized spacial score (nSPS) is 12.4. The third kappa shape index (κ3) is 5.46. The Morgan fingerprint density at radius 2 is 2.00 bits per heavy atom. The van der Waals surface area contributed by atoms with Crippen LogP contribution in [0.2, 0.25) is 0 Å². The zero-order chi connectivity index (χ0) is 15.3. The molecule has 0 radical (unpaired) electrons. The molecule has 0 spiro atoms. The molecular weight excluding hydrogens is 279 g/mol. The van der Waals surface area contributed by atoms with Gasteiger partial charge in [-0.3, -0.25) is 10.1 Å². The predicted molar refractivity (Wildman–Crippen MR) is 63.9 cm³/mol. The van der Waals surface area contributed by atoms with Crippen molar-refractivity contribution in [3.05, 3.63) is 24.3 Å². The molecule has 1 rings (SSSR count). The Kier molecular flexibility index (Phi) is 4.78. The number of anilines is 1. The van der Waals surface area contributed by atoms with E-state index in [1.54, 1.807) is 0 Å². The molecule has 0 aliphatic rings. The van der Waals surface area contributed by atoms with Crippen molar-refractivity contribution < 1.29 is 27.5 Å². The van der Waals surface area contributed by atoms with Gasteiger partial charge in [0.05, 0.1) is 0 Å². The number of carbonyl (C=O) groups excluding carboxylic acids is 2. The second kappa shape index (κ2) is 6.13. The van der Waals surface area contributed by atoms with E-state index in [4.69, 9.17) is 5.73 Å². The third-order valence-electron chi connectivity index (χ3n) is 2.09. The summed E-state index contributed by atoms with van der Waals surface area (Å²) in [5.41, 5.74) is 5.00. The van der Waals surface area contributed by atoms with Crippen LogP contribution in [0.15, 0.2) is 24.3 Å². The molecule has 9 heteroatoms. The second-order valence-corrected chi connectivity index (χ2v) is 3.80. The average molecular weight is 291 g/mol. The van der Waals surface area contributed by atoms with Crippen LogP contribution in [0.1, 0.15) is 6.92 Å². The van der Waals surface area contributed by atoms with Crippen LogP contribution in [0.25, 0.3) is 0 Å². The van der Waals surface area contributed by atoms with Crippen LogP contribution in [0, 0.1) is 0 Å². The van der Waals surface area contributed by atoms with E-state index in [1.165, 1.54) is 19.1 Å². The summed E-state index contributed by atoms with van der Waals surface area (Å²) in [5.74, 6) is -1.13. The molecule has 6 nitrogen and oxygen atoms in total. The van der Waals surface area contributed by atoms with Crippen LogP contribution in [0.3, 0.4) is 0 Å². The van der Waals surface area contributed by atoms with E-state index in [-0.39, 0.29) is 5.69 Å². The van der Waals surface area contributed by atoms with Crippen LogP contribution in [-0.2, 0) is 4.79 Å². The highest BCUT2D eigenvalue weighted by Gasteiger charge is 2.31. The molecule has 1 atom stereocenters. The van der Waals surface area contributed by atoms with Gasteiger partial charge in [0.15, 0.2) is 0 Å². The maximum Gasteiger partial charge on any atom is 0.573 e. The molecule has 0 bridgehead atoms. The number of imide groups is 1. The zero-order valence-corrected chi connectivity index (χ0v) is 10.3. The molecular formula is C11H12F3N3O3. The average Bonchev–Trinajstić information content (AvgIpc) is 2.25. The summed E-state index contributed by atoms with van der Waals surface area (Å²) in [6, 6.07) is 3.06. The first-order valence-electron chi connectivity index (χ1n) is 5.40. The summed E-state index contributed by atoms with van der Waals surface area (Å²) in [7, 11) is 0. The highest BCUT2D eigenvalue weighted by atomic mass is 19.4. The lowest BCUT2D eigenvalue weighted by Crippen LogP contribution is -2.43. The number of primary amides is 1. The first-order valence-corrected chi connectivity index (χ1v) is 5.40. The van der Waals surface area contributed by atoms with Gasteiger partial charge in [0, 0.05) is 11.8 Å². The van der Waals surface area contributed by atoms with E-state index in [0.717, 1.165) is 12.1 Å².